The molecule has 146 valence electrons. The van der Waals surface area contributed by atoms with Gasteiger partial charge >= 0.3 is 0 Å². The molecule has 2 aromatic carbocycles. The smallest absolute Gasteiger partial charge is 0.251 e. The van der Waals surface area contributed by atoms with Gasteiger partial charge in [-0.05, 0) is 36.8 Å². The van der Waals surface area contributed by atoms with Crippen molar-refractivity contribution in [2.75, 3.05) is 44.4 Å². The summed E-state index contributed by atoms with van der Waals surface area (Å²) < 4.78 is 10.5. The van der Waals surface area contributed by atoms with E-state index in [0.717, 1.165) is 19.5 Å². The van der Waals surface area contributed by atoms with Gasteiger partial charge in [-0.1, -0.05) is 18.2 Å². The number of hydrogen-bond donors (Lipinski definition) is 1. The van der Waals surface area contributed by atoms with E-state index >= 15 is 0 Å². The third-order valence-electron chi connectivity index (χ3n) is 5.00. The first-order valence-electron chi connectivity index (χ1n) is 9.46. The van der Waals surface area contributed by atoms with E-state index in [9.17, 15) is 9.59 Å². The van der Waals surface area contributed by atoms with E-state index in [-0.39, 0.29) is 25.2 Å². The van der Waals surface area contributed by atoms with Crippen LogP contribution in [0.2, 0.25) is 0 Å². The molecular weight excluding hydrogens is 358 g/mol. The van der Waals surface area contributed by atoms with Crippen LogP contribution in [-0.4, -0.2) is 56.2 Å². The normalized spacial score (nSPS) is 15.9. The molecule has 1 saturated heterocycles. The molecule has 0 atom stereocenters. The molecule has 0 saturated carbocycles. The molecule has 0 unspecified atom stereocenters. The highest BCUT2D eigenvalue weighted by Gasteiger charge is 2.21. The Hall–Kier alpha value is -3.22. The molecule has 2 aliphatic rings. The minimum Gasteiger partial charge on any atom is -0.454 e. The van der Waals surface area contributed by atoms with Gasteiger partial charge in [-0.25, -0.2) is 0 Å². The molecule has 2 aliphatic heterocycles. The Morgan fingerprint density at radius 1 is 0.929 bits per heavy atom. The number of rotatable bonds is 4. The molecule has 0 aliphatic carbocycles. The van der Waals surface area contributed by atoms with E-state index in [4.69, 9.17) is 9.47 Å². The Morgan fingerprint density at radius 2 is 1.75 bits per heavy atom. The molecule has 0 spiro atoms. The minimum atomic E-state index is -0.299. The standard InChI is InChI=1S/C21H23N3O4/c25-20(14-22-21(26)16-7-8-18-19(13-16)28-15-27-18)24-10-4-9-23(11-12-24)17-5-2-1-3-6-17/h1-3,5-8,13H,4,9-12,14-15H2,(H,22,26). The van der Waals surface area contributed by atoms with Gasteiger partial charge in [0.1, 0.15) is 0 Å². The molecule has 0 bridgehead atoms. The van der Waals surface area contributed by atoms with Crippen LogP contribution >= 0.6 is 0 Å². The first-order chi connectivity index (χ1) is 13.7. The Bertz CT molecular complexity index is 856. The Labute approximate surface area is 163 Å². The number of anilines is 1. The third-order valence-corrected chi connectivity index (χ3v) is 5.00. The number of ether oxygens (including phenoxy) is 2. The van der Waals surface area contributed by atoms with E-state index in [2.05, 4.69) is 22.3 Å². The molecular formula is C21H23N3O4. The topological polar surface area (TPSA) is 71.1 Å². The van der Waals surface area contributed by atoms with E-state index in [0.29, 0.717) is 30.2 Å². The fraction of sp³-hybridized carbons (Fsp3) is 0.333. The van der Waals surface area contributed by atoms with Gasteiger partial charge in [-0.15, -0.1) is 0 Å². The van der Waals surface area contributed by atoms with Crippen molar-refractivity contribution in [3.8, 4) is 11.5 Å². The summed E-state index contributed by atoms with van der Waals surface area (Å²) in [5.41, 5.74) is 1.62. The average molecular weight is 381 g/mol. The molecule has 2 heterocycles. The van der Waals surface area contributed by atoms with Crippen molar-refractivity contribution >= 4 is 17.5 Å². The van der Waals surface area contributed by atoms with E-state index < -0.39 is 0 Å². The number of fused-ring (bicyclic) bond motifs is 1. The average Bonchev–Trinajstić information content (AvgIpc) is 3.07. The van der Waals surface area contributed by atoms with Gasteiger partial charge < -0.3 is 24.6 Å². The van der Waals surface area contributed by atoms with Crippen molar-refractivity contribution in [1.82, 2.24) is 10.2 Å². The van der Waals surface area contributed by atoms with Crippen molar-refractivity contribution in [2.24, 2.45) is 0 Å². The number of nitrogens with one attached hydrogen (secondary N) is 1. The maximum absolute atomic E-state index is 12.6. The summed E-state index contributed by atoms with van der Waals surface area (Å²) in [5, 5.41) is 2.71. The second kappa shape index (κ2) is 8.21. The highest BCUT2D eigenvalue weighted by molar-refractivity contribution is 5.97. The molecule has 2 aromatic rings. The summed E-state index contributed by atoms with van der Waals surface area (Å²) in [5.74, 6) is 0.809. The van der Waals surface area contributed by atoms with Crippen LogP contribution in [0.25, 0.3) is 0 Å². The second-order valence-electron chi connectivity index (χ2n) is 6.81. The fourth-order valence-corrected chi connectivity index (χ4v) is 3.47. The predicted octanol–water partition coefficient (Wildman–Crippen LogP) is 1.88. The minimum absolute atomic E-state index is 0.0153. The number of benzene rings is 2. The second-order valence-corrected chi connectivity index (χ2v) is 6.81. The van der Waals surface area contributed by atoms with Gasteiger partial charge in [0.05, 0.1) is 6.54 Å². The highest BCUT2D eigenvalue weighted by Crippen LogP contribution is 2.32. The molecule has 1 fully saturated rings. The van der Waals surface area contributed by atoms with E-state index in [1.165, 1.54) is 5.69 Å². The van der Waals surface area contributed by atoms with Crippen LogP contribution in [0.15, 0.2) is 48.5 Å². The Kier molecular flexibility index (Phi) is 5.32. The largest absolute Gasteiger partial charge is 0.454 e. The van der Waals surface area contributed by atoms with Crippen LogP contribution in [-0.2, 0) is 4.79 Å². The van der Waals surface area contributed by atoms with E-state index in [1.54, 1.807) is 18.2 Å². The number of nitrogens with zero attached hydrogens (tertiary/aromatic N) is 2. The number of para-hydroxylation sites is 1. The van der Waals surface area contributed by atoms with Gasteiger partial charge in [0.15, 0.2) is 11.5 Å². The first kappa shape index (κ1) is 18.2. The number of amides is 2. The number of hydrogen-bond acceptors (Lipinski definition) is 5. The molecule has 7 heteroatoms. The summed E-state index contributed by atoms with van der Waals surface area (Å²) in [6, 6.07) is 15.2. The molecule has 28 heavy (non-hydrogen) atoms. The Balaban J connectivity index is 1.29. The van der Waals surface area contributed by atoms with Gasteiger partial charge in [-0.3, -0.25) is 9.59 Å². The van der Waals surface area contributed by atoms with Gasteiger partial charge in [-0.2, -0.15) is 0 Å². The zero-order valence-corrected chi connectivity index (χ0v) is 15.6. The lowest BCUT2D eigenvalue weighted by molar-refractivity contribution is -0.129. The maximum Gasteiger partial charge on any atom is 0.251 e. The summed E-state index contributed by atoms with van der Waals surface area (Å²) in [4.78, 5) is 29.0. The zero-order valence-electron chi connectivity index (χ0n) is 15.6. The predicted molar refractivity (Wildman–Crippen MR) is 105 cm³/mol. The third kappa shape index (κ3) is 4.03. The van der Waals surface area contributed by atoms with Crippen molar-refractivity contribution < 1.29 is 19.1 Å². The van der Waals surface area contributed by atoms with Crippen LogP contribution in [0, 0.1) is 0 Å². The first-order valence-corrected chi connectivity index (χ1v) is 9.46. The number of carbonyl (C=O) groups is 2. The van der Waals surface area contributed by atoms with Crippen molar-refractivity contribution in [3.05, 3.63) is 54.1 Å². The molecule has 7 nitrogen and oxygen atoms in total. The molecule has 0 radical (unpaired) electrons. The monoisotopic (exact) mass is 381 g/mol. The molecule has 4 rings (SSSR count). The summed E-state index contributed by atoms with van der Waals surface area (Å²) >= 11 is 0. The highest BCUT2D eigenvalue weighted by atomic mass is 16.7. The lowest BCUT2D eigenvalue weighted by Gasteiger charge is -2.23. The van der Waals surface area contributed by atoms with Gasteiger partial charge in [0, 0.05) is 37.4 Å². The summed E-state index contributed by atoms with van der Waals surface area (Å²) in [7, 11) is 0. The van der Waals surface area contributed by atoms with Crippen molar-refractivity contribution in [3.63, 3.8) is 0 Å². The quantitative estimate of drug-likeness (QED) is 0.876. The maximum atomic E-state index is 12.6. The SMILES string of the molecule is O=C(NCC(=O)N1CCCN(c2ccccc2)CC1)c1ccc2c(c1)OCO2. The van der Waals surface area contributed by atoms with Crippen molar-refractivity contribution in [2.45, 2.75) is 6.42 Å². The van der Waals surface area contributed by atoms with Crippen LogP contribution in [0.1, 0.15) is 16.8 Å². The van der Waals surface area contributed by atoms with Gasteiger partial charge in [0.2, 0.25) is 12.7 Å². The van der Waals surface area contributed by atoms with Crippen LogP contribution in [0.5, 0.6) is 11.5 Å². The van der Waals surface area contributed by atoms with Crippen LogP contribution in [0.4, 0.5) is 5.69 Å². The van der Waals surface area contributed by atoms with Crippen LogP contribution < -0.4 is 19.7 Å². The lowest BCUT2D eigenvalue weighted by atomic mass is 10.2. The molecule has 0 aromatic heterocycles. The Morgan fingerprint density at radius 3 is 2.61 bits per heavy atom. The van der Waals surface area contributed by atoms with Crippen molar-refractivity contribution in [1.29, 1.82) is 0 Å². The zero-order chi connectivity index (χ0) is 19.3. The van der Waals surface area contributed by atoms with Gasteiger partial charge in [0.25, 0.3) is 5.91 Å². The number of carbonyl (C=O) groups excluding carboxylic acids is 2. The van der Waals surface area contributed by atoms with E-state index in [1.807, 2.05) is 23.1 Å². The summed E-state index contributed by atoms with van der Waals surface area (Å²) in [6.07, 6.45) is 0.900. The molecule has 2 amide bonds. The molecule has 1 N–H and O–H groups in total. The fourth-order valence-electron chi connectivity index (χ4n) is 3.47. The summed E-state index contributed by atoms with van der Waals surface area (Å²) in [6.45, 7) is 3.19. The van der Waals surface area contributed by atoms with Crippen LogP contribution in [0.3, 0.4) is 0 Å². The lowest BCUT2D eigenvalue weighted by Crippen LogP contribution is -2.42.